The normalized spacial score (nSPS) is 15.1. The van der Waals surface area contributed by atoms with Gasteiger partial charge in [0.15, 0.2) is 0 Å². The first-order valence-corrected chi connectivity index (χ1v) is 8.98. The number of ether oxygens (including phenoxy) is 1. The molecule has 1 N–H and O–H groups in total. The molecule has 2 aromatic heterocycles. The molecule has 0 spiro atoms. The Bertz CT molecular complexity index is 990. The van der Waals surface area contributed by atoms with Crippen molar-refractivity contribution in [3.05, 3.63) is 54.1 Å². The SMILES string of the molecule is Cc1nccc(OC2CCN(C(=O)C(=O)c3c[nH]c4ccccc34)CC2)n1. The van der Waals surface area contributed by atoms with E-state index in [1.54, 1.807) is 23.4 Å². The van der Waals surface area contributed by atoms with Crippen LogP contribution in [0, 0.1) is 6.92 Å². The highest BCUT2D eigenvalue weighted by Gasteiger charge is 2.29. The first-order chi connectivity index (χ1) is 13.1. The first kappa shape index (κ1) is 17.2. The number of aromatic amines is 1. The molecule has 1 aromatic carbocycles. The highest BCUT2D eigenvalue weighted by molar-refractivity contribution is 6.44. The van der Waals surface area contributed by atoms with Crippen molar-refractivity contribution in [1.29, 1.82) is 0 Å². The molecule has 1 amide bonds. The molecule has 0 saturated carbocycles. The van der Waals surface area contributed by atoms with E-state index < -0.39 is 11.7 Å². The minimum absolute atomic E-state index is 0.0217. The third-order valence-corrected chi connectivity index (χ3v) is 4.80. The van der Waals surface area contributed by atoms with Gasteiger partial charge in [-0.1, -0.05) is 18.2 Å². The van der Waals surface area contributed by atoms with Crippen molar-refractivity contribution in [2.45, 2.75) is 25.9 Å². The molecule has 1 aliphatic rings. The van der Waals surface area contributed by atoms with Crippen LogP contribution >= 0.6 is 0 Å². The molecule has 7 nitrogen and oxygen atoms in total. The van der Waals surface area contributed by atoms with E-state index in [0.717, 1.165) is 10.9 Å². The van der Waals surface area contributed by atoms with Gasteiger partial charge in [0.05, 0.1) is 5.56 Å². The monoisotopic (exact) mass is 364 g/mol. The van der Waals surface area contributed by atoms with Crippen LogP contribution in [-0.4, -0.2) is 50.7 Å². The lowest BCUT2D eigenvalue weighted by atomic mass is 10.0. The zero-order valence-corrected chi connectivity index (χ0v) is 15.0. The molecule has 0 atom stereocenters. The van der Waals surface area contributed by atoms with Crippen molar-refractivity contribution in [2.24, 2.45) is 0 Å². The maximum absolute atomic E-state index is 12.7. The summed E-state index contributed by atoms with van der Waals surface area (Å²) >= 11 is 0. The smallest absolute Gasteiger partial charge is 0.295 e. The third-order valence-electron chi connectivity index (χ3n) is 4.80. The summed E-state index contributed by atoms with van der Waals surface area (Å²) < 4.78 is 5.88. The van der Waals surface area contributed by atoms with Gasteiger partial charge >= 0.3 is 0 Å². The van der Waals surface area contributed by atoms with Crippen molar-refractivity contribution < 1.29 is 14.3 Å². The average Bonchev–Trinajstić information content (AvgIpc) is 3.12. The van der Waals surface area contributed by atoms with Gasteiger partial charge in [-0.3, -0.25) is 9.59 Å². The second-order valence-electron chi connectivity index (χ2n) is 6.63. The van der Waals surface area contributed by atoms with Crippen LogP contribution in [0.25, 0.3) is 10.9 Å². The van der Waals surface area contributed by atoms with Gasteiger partial charge in [0.2, 0.25) is 5.88 Å². The zero-order valence-electron chi connectivity index (χ0n) is 15.0. The minimum Gasteiger partial charge on any atom is -0.474 e. The summed E-state index contributed by atoms with van der Waals surface area (Å²) in [5, 5.41) is 0.771. The minimum atomic E-state index is -0.474. The number of likely N-dealkylation sites (tertiary alicyclic amines) is 1. The van der Waals surface area contributed by atoms with Gasteiger partial charge < -0.3 is 14.6 Å². The maximum Gasteiger partial charge on any atom is 0.295 e. The van der Waals surface area contributed by atoms with Gasteiger partial charge in [-0.05, 0) is 13.0 Å². The molecule has 0 radical (unpaired) electrons. The summed E-state index contributed by atoms with van der Waals surface area (Å²) in [7, 11) is 0. The van der Waals surface area contributed by atoms with Gasteiger partial charge in [0, 0.05) is 55.3 Å². The number of nitrogens with zero attached hydrogens (tertiary/aromatic N) is 3. The largest absolute Gasteiger partial charge is 0.474 e. The molecule has 4 rings (SSSR count). The summed E-state index contributed by atoms with van der Waals surface area (Å²) in [4.78, 5) is 38.3. The number of fused-ring (bicyclic) bond motifs is 1. The fourth-order valence-electron chi connectivity index (χ4n) is 3.37. The molecule has 138 valence electrons. The number of hydrogen-bond donors (Lipinski definition) is 1. The molecule has 0 aliphatic carbocycles. The highest BCUT2D eigenvalue weighted by Crippen LogP contribution is 2.21. The second kappa shape index (κ2) is 7.19. The van der Waals surface area contributed by atoms with E-state index in [0.29, 0.717) is 43.2 Å². The Morgan fingerprint density at radius 1 is 1.19 bits per heavy atom. The van der Waals surface area contributed by atoms with E-state index in [1.807, 2.05) is 31.2 Å². The number of benzene rings is 1. The molecular formula is C20H20N4O3. The van der Waals surface area contributed by atoms with E-state index in [-0.39, 0.29) is 6.10 Å². The van der Waals surface area contributed by atoms with Crippen LogP contribution < -0.4 is 4.74 Å². The summed E-state index contributed by atoms with van der Waals surface area (Å²) in [5.41, 5.74) is 1.27. The Morgan fingerprint density at radius 3 is 2.74 bits per heavy atom. The number of amides is 1. The van der Waals surface area contributed by atoms with E-state index in [2.05, 4.69) is 15.0 Å². The number of carbonyl (C=O) groups excluding carboxylic acids is 2. The van der Waals surface area contributed by atoms with Gasteiger partial charge in [0.1, 0.15) is 11.9 Å². The first-order valence-electron chi connectivity index (χ1n) is 8.98. The van der Waals surface area contributed by atoms with Crippen molar-refractivity contribution in [3.63, 3.8) is 0 Å². The number of hydrogen-bond acceptors (Lipinski definition) is 5. The lowest BCUT2D eigenvalue weighted by Gasteiger charge is -2.31. The van der Waals surface area contributed by atoms with Gasteiger partial charge in [-0.25, -0.2) is 4.98 Å². The summed E-state index contributed by atoms with van der Waals surface area (Å²) in [6.07, 6.45) is 4.58. The molecule has 0 bridgehead atoms. The number of Topliss-reactive ketones (excluding diaryl/α,β-unsaturated/α-hetero) is 1. The fraction of sp³-hybridized carbons (Fsp3) is 0.300. The summed E-state index contributed by atoms with van der Waals surface area (Å²) in [6, 6.07) is 9.20. The Kier molecular flexibility index (Phi) is 4.58. The Morgan fingerprint density at radius 2 is 1.96 bits per heavy atom. The highest BCUT2D eigenvalue weighted by atomic mass is 16.5. The third kappa shape index (κ3) is 3.53. The number of piperidine rings is 1. The number of aryl methyl sites for hydroxylation is 1. The molecule has 3 heterocycles. The number of para-hydroxylation sites is 1. The van der Waals surface area contributed by atoms with Crippen LogP contribution in [0.3, 0.4) is 0 Å². The van der Waals surface area contributed by atoms with E-state index in [1.165, 1.54) is 0 Å². The predicted molar refractivity (Wildman–Crippen MR) is 99.6 cm³/mol. The van der Waals surface area contributed by atoms with E-state index in [9.17, 15) is 9.59 Å². The quantitative estimate of drug-likeness (QED) is 0.568. The molecular weight excluding hydrogens is 344 g/mol. The standard InChI is InChI=1S/C20H20N4O3/c1-13-21-9-6-18(23-13)27-14-7-10-24(11-8-14)20(26)19(25)16-12-22-17-5-3-2-4-15(16)17/h2-6,9,12,14,22H,7-8,10-11H2,1H3. The predicted octanol–water partition coefficient (Wildman–Crippen LogP) is 2.52. The van der Waals surface area contributed by atoms with Crippen LogP contribution in [0.15, 0.2) is 42.7 Å². The van der Waals surface area contributed by atoms with Gasteiger partial charge in [0.25, 0.3) is 11.7 Å². The van der Waals surface area contributed by atoms with Crippen LogP contribution in [0.2, 0.25) is 0 Å². The summed E-state index contributed by atoms with van der Waals surface area (Å²) in [6.45, 7) is 2.79. The number of carbonyl (C=O) groups is 2. The lowest BCUT2D eigenvalue weighted by molar-refractivity contribution is -0.128. The zero-order chi connectivity index (χ0) is 18.8. The molecule has 1 aliphatic heterocycles. The maximum atomic E-state index is 12.7. The van der Waals surface area contributed by atoms with Crippen LogP contribution in [-0.2, 0) is 4.79 Å². The van der Waals surface area contributed by atoms with Gasteiger partial charge in [-0.15, -0.1) is 0 Å². The molecule has 0 unspecified atom stereocenters. The molecule has 1 saturated heterocycles. The van der Waals surface area contributed by atoms with Crippen molar-refractivity contribution in [3.8, 4) is 5.88 Å². The Labute approximate surface area is 156 Å². The van der Waals surface area contributed by atoms with Crippen molar-refractivity contribution >= 4 is 22.6 Å². The lowest BCUT2D eigenvalue weighted by Crippen LogP contribution is -2.44. The topological polar surface area (TPSA) is 88.2 Å². The Balaban J connectivity index is 1.39. The molecule has 3 aromatic rings. The number of H-pyrrole nitrogens is 1. The van der Waals surface area contributed by atoms with Crippen molar-refractivity contribution in [2.75, 3.05) is 13.1 Å². The van der Waals surface area contributed by atoms with E-state index >= 15 is 0 Å². The summed E-state index contributed by atoms with van der Waals surface area (Å²) in [5.74, 6) is 0.265. The van der Waals surface area contributed by atoms with Crippen LogP contribution in [0.4, 0.5) is 0 Å². The Hall–Kier alpha value is -3.22. The second-order valence-corrected chi connectivity index (χ2v) is 6.63. The number of ketones is 1. The van der Waals surface area contributed by atoms with Gasteiger partial charge in [-0.2, -0.15) is 4.98 Å². The van der Waals surface area contributed by atoms with Crippen LogP contribution in [0.5, 0.6) is 5.88 Å². The molecule has 27 heavy (non-hydrogen) atoms. The molecule has 1 fully saturated rings. The molecule has 7 heteroatoms. The van der Waals surface area contributed by atoms with Crippen molar-refractivity contribution in [1.82, 2.24) is 19.9 Å². The number of aromatic nitrogens is 3. The number of rotatable bonds is 4. The van der Waals surface area contributed by atoms with E-state index in [4.69, 9.17) is 4.74 Å². The fourth-order valence-corrected chi connectivity index (χ4v) is 3.37. The van der Waals surface area contributed by atoms with Crippen LogP contribution in [0.1, 0.15) is 29.0 Å². The average molecular weight is 364 g/mol. The number of nitrogens with one attached hydrogen (secondary N) is 1.